The smallest absolute Gasteiger partial charge is 0.0872 e. The lowest BCUT2D eigenvalue weighted by atomic mass is 9.83. The summed E-state index contributed by atoms with van der Waals surface area (Å²) in [6, 6.07) is 0.165. The van der Waals surface area contributed by atoms with E-state index in [2.05, 4.69) is 6.92 Å². The molecule has 1 heterocycles. The normalized spacial score (nSPS) is 21.4. The van der Waals surface area contributed by atoms with Crippen molar-refractivity contribution in [1.82, 2.24) is 0 Å². The van der Waals surface area contributed by atoms with E-state index in [0.29, 0.717) is 0 Å². The molecule has 1 fully saturated rings. The second kappa shape index (κ2) is 8.06. The maximum absolute atomic E-state index is 6.33. The summed E-state index contributed by atoms with van der Waals surface area (Å²) in [4.78, 5) is 0. The summed E-state index contributed by atoms with van der Waals surface area (Å²) in [5.41, 5.74) is 6.21. The summed E-state index contributed by atoms with van der Waals surface area (Å²) in [6.45, 7) is 3.82. The molecule has 1 aliphatic rings. The third-order valence-corrected chi connectivity index (χ3v) is 4.04. The molecule has 1 unspecified atom stereocenters. The number of ether oxygens (including phenoxy) is 2. The first-order chi connectivity index (χ1) is 8.25. The quantitative estimate of drug-likeness (QED) is 0.667. The van der Waals surface area contributed by atoms with Gasteiger partial charge in [-0.25, -0.2) is 0 Å². The van der Waals surface area contributed by atoms with Crippen LogP contribution < -0.4 is 5.73 Å². The van der Waals surface area contributed by atoms with Crippen molar-refractivity contribution in [2.45, 2.75) is 69.9 Å². The highest BCUT2D eigenvalue weighted by atomic mass is 16.5. The first-order valence-electron chi connectivity index (χ1n) is 7.13. The van der Waals surface area contributed by atoms with E-state index in [0.717, 1.165) is 32.5 Å². The van der Waals surface area contributed by atoms with Crippen LogP contribution in [0.25, 0.3) is 0 Å². The van der Waals surface area contributed by atoms with E-state index in [4.69, 9.17) is 15.2 Å². The summed E-state index contributed by atoms with van der Waals surface area (Å²) in [5, 5.41) is 0. The maximum Gasteiger partial charge on any atom is 0.0872 e. The summed E-state index contributed by atoms with van der Waals surface area (Å²) < 4.78 is 11.1. The standard InChI is InChI=1S/C14H29NO2/c1-3-4-5-6-7-8-13(15)14(16-2)9-11-17-12-10-14/h13H,3-12,15H2,1-2H3. The predicted molar refractivity (Wildman–Crippen MR) is 71.1 cm³/mol. The molecule has 1 rings (SSSR count). The molecule has 2 N–H and O–H groups in total. The van der Waals surface area contributed by atoms with Gasteiger partial charge in [0.2, 0.25) is 0 Å². The van der Waals surface area contributed by atoms with Crippen molar-refractivity contribution < 1.29 is 9.47 Å². The van der Waals surface area contributed by atoms with Crippen LogP contribution in [0.4, 0.5) is 0 Å². The zero-order chi connectivity index (χ0) is 12.6. The monoisotopic (exact) mass is 243 g/mol. The van der Waals surface area contributed by atoms with Gasteiger partial charge in [0, 0.05) is 39.2 Å². The molecule has 0 aromatic carbocycles. The Morgan fingerprint density at radius 2 is 1.82 bits per heavy atom. The predicted octanol–water partition coefficient (Wildman–Crippen LogP) is 2.87. The van der Waals surface area contributed by atoms with Crippen molar-refractivity contribution >= 4 is 0 Å². The summed E-state index contributed by atoms with van der Waals surface area (Å²) >= 11 is 0. The van der Waals surface area contributed by atoms with Gasteiger partial charge in [0.05, 0.1) is 5.60 Å². The van der Waals surface area contributed by atoms with Crippen LogP contribution in [-0.4, -0.2) is 32.0 Å². The van der Waals surface area contributed by atoms with Crippen LogP contribution in [0.3, 0.4) is 0 Å². The molecular weight excluding hydrogens is 214 g/mol. The minimum atomic E-state index is -0.122. The van der Waals surface area contributed by atoms with Crippen molar-refractivity contribution in [2.24, 2.45) is 5.73 Å². The zero-order valence-corrected chi connectivity index (χ0v) is 11.5. The molecule has 0 spiro atoms. The fraction of sp³-hybridized carbons (Fsp3) is 1.00. The van der Waals surface area contributed by atoms with E-state index in [1.165, 1.54) is 32.1 Å². The molecule has 0 saturated carbocycles. The number of hydrogen-bond donors (Lipinski definition) is 1. The molecule has 17 heavy (non-hydrogen) atoms. The van der Waals surface area contributed by atoms with Gasteiger partial charge in [-0.2, -0.15) is 0 Å². The van der Waals surface area contributed by atoms with Gasteiger partial charge in [-0.3, -0.25) is 0 Å². The van der Waals surface area contributed by atoms with Gasteiger partial charge in [0.1, 0.15) is 0 Å². The molecule has 0 aromatic rings. The van der Waals surface area contributed by atoms with Gasteiger partial charge < -0.3 is 15.2 Å². The minimum absolute atomic E-state index is 0.122. The number of hydrogen-bond acceptors (Lipinski definition) is 3. The van der Waals surface area contributed by atoms with E-state index >= 15 is 0 Å². The number of methoxy groups -OCH3 is 1. The van der Waals surface area contributed by atoms with Crippen LogP contribution in [0.5, 0.6) is 0 Å². The fourth-order valence-corrected chi connectivity index (χ4v) is 2.67. The van der Waals surface area contributed by atoms with Crippen molar-refractivity contribution in [3.63, 3.8) is 0 Å². The van der Waals surface area contributed by atoms with Gasteiger partial charge in [0.25, 0.3) is 0 Å². The Balaban J connectivity index is 2.25. The zero-order valence-electron chi connectivity index (χ0n) is 11.5. The van der Waals surface area contributed by atoms with Crippen LogP contribution in [0.2, 0.25) is 0 Å². The Hall–Kier alpha value is -0.120. The molecule has 0 bridgehead atoms. The largest absolute Gasteiger partial charge is 0.381 e. The van der Waals surface area contributed by atoms with Crippen molar-refractivity contribution in [3.05, 3.63) is 0 Å². The summed E-state index contributed by atoms with van der Waals surface area (Å²) in [7, 11) is 1.79. The molecule has 0 aromatic heterocycles. The van der Waals surface area contributed by atoms with Gasteiger partial charge in [-0.1, -0.05) is 39.0 Å². The van der Waals surface area contributed by atoms with Crippen molar-refractivity contribution in [1.29, 1.82) is 0 Å². The Bertz CT molecular complexity index is 191. The second-order valence-electron chi connectivity index (χ2n) is 5.19. The number of rotatable bonds is 8. The first-order valence-corrected chi connectivity index (χ1v) is 7.13. The van der Waals surface area contributed by atoms with Crippen LogP contribution in [0.15, 0.2) is 0 Å². The van der Waals surface area contributed by atoms with Crippen molar-refractivity contribution in [3.8, 4) is 0 Å². The Morgan fingerprint density at radius 3 is 2.41 bits per heavy atom. The highest BCUT2D eigenvalue weighted by molar-refractivity contribution is 4.92. The van der Waals surface area contributed by atoms with Crippen LogP contribution >= 0.6 is 0 Å². The Labute approximate surface area is 106 Å². The Kier molecular flexibility index (Phi) is 7.09. The van der Waals surface area contributed by atoms with Gasteiger partial charge in [-0.15, -0.1) is 0 Å². The van der Waals surface area contributed by atoms with Gasteiger partial charge in [-0.05, 0) is 6.42 Å². The van der Waals surface area contributed by atoms with E-state index in [1.807, 2.05) is 0 Å². The number of unbranched alkanes of at least 4 members (excludes halogenated alkanes) is 4. The number of nitrogens with two attached hydrogens (primary N) is 1. The second-order valence-corrected chi connectivity index (χ2v) is 5.19. The molecular formula is C14H29NO2. The molecule has 0 amide bonds. The summed E-state index contributed by atoms with van der Waals surface area (Å²) in [6.07, 6.45) is 9.48. The molecule has 0 aliphatic carbocycles. The molecule has 1 aliphatic heterocycles. The minimum Gasteiger partial charge on any atom is -0.381 e. The van der Waals surface area contributed by atoms with Crippen LogP contribution in [0, 0.1) is 0 Å². The van der Waals surface area contributed by atoms with Gasteiger partial charge in [0.15, 0.2) is 0 Å². The molecule has 3 nitrogen and oxygen atoms in total. The van der Waals surface area contributed by atoms with Crippen LogP contribution in [-0.2, 0) is 9.47 Å². The highest BCUT2D eigenvalue weighted by Gasteiger charge is 2.38. The molecule has 0 radical (unpaired) electrons. The summed E-state index contributed by atoms with van der Waals surface area (Å²) in [5.74, 6) is 0. The van der Waals surface area contributed by atoms with E-state index in [9.17, 15) is 0 Å². The molecule has 102 valence electrons. The third kappa shape index (κ3) is 4.57. The molecule has 1 saturated heterocycles. The third-order valence-electron chi connectivity index (χ3n) is 4.04. The molecule has 1 atom stereocenters. The average Bonchev–Trinajstić information content (AvgIpc) is 2.39. The highest BCUT2D eigenvalue weighted by Crippen LogP contribution is 2.29. The first kappa shape index (κ1) is 14.9. The Morgan fingerprint density at radius 1 is 1.18 bits per heavy atom. The van der Waals surface area contributed by atoms with E-state index < -0.39 is 0 Å². The lowest BCUT2D eigenvalue weighted by molar-refractivity contribution is -0.105. The topological polar surface area (TPSA) is 44.5 Å². The van der Waals surface area contributed by atoms with Crippen molar-refractivity contribution in [2.75, 3.05) is 20.3 Å². The maximum atomic E-state index is 6.33. The van der Waals surface area contributed by atoms with Gasteiger partial charge >= 0.3 is 0 Å². The van der Waals surface area contributed by atoms with E-state index in [-0.39, 0.29) is 11.6 Å². The lowest BCUT2D eigenvalue weighted by Gasteiger charge is -2.40. The lowest BCUT2D eigenvalue weighted by Crippen LogP contribution is -2.52. The van der Waals surface area contributed by atoms with Crippen LogP contribution in [0.1, 0.15) is 58.3 Å². The average molecular weight is 243 g/mol. The molecule has 3 heteroatoms. The van der Waals surface area contributed by atoms with E-state index in [1.54, 1.807) is 7.11 Å². The SMILES string of the molecule is CCCCCCCC(N)C1(OC)CCOCC1. The fourth-order valence-electron chi connectivity index (χ4n) is 2.67.